The van der Waals surface area contributed by atoms with Crippen LogP contribution in [0.1, 0.15) is 15.9 Å². The second-order valence-electron chi connectivity index (χ2n) is 2.38. The minimum Gasteiger partial charge on any atom is -0.465 e. The lowest BCUT2D eigenvalue weighted by Gasteiger charge is -1.97. The lowest BCUT2D eigenvalue weighted by atomic mass is 10.1. The van der Waals surface area contributed by atoms with Gasteiger partial charge in [-0.2, -0.15) is 0 Å². The van der Waals surface area contributed by atoms with Gasteiger partial charge >= 0.3 is 5.97 Å². The van der Waals surface area contributed by atoms with Gasteiger partial charge in [0.15, 0.2) is 0 Å². The fraction of sp³-hybridized carbons (Fsp3) is 0.100. The van der Waals surface area contributed by atoms with Crippen LogP contribution in [0.2, 0.25) is 0 Å². The summed E-state index contributed by atoms with van der Waals surface area (Å²) in [5, 5.41) is 0. The smallest absolute Gasteiger partial charge is 0.337 e. The van der Waals surface area contributed by atoms with E-state index in [9.17, 15) is 9.59 Å². The molecule has 0 saturated heterocycles. The van der Waals surface area contributed by atoms with Crippen LogP contribution in [0.15, 0.2) is 24.3 Å². The molecule has 0 unspecified atom stereocenters. The number of hydrogen-bond acceptors (Lipinski definition) is 3. The quantitative estimate of drug-likeness (QED) is 0.504. The summed E-state index contributed by atoms with van der Waals surface area (Å²) >= 11 is 0. The third kappa shape index (κ3) is 2.29. The molecular weight excluding hydrogens is 168 g/mol. The molecule has 0 fully saturated rings. The van der Waals surface area contributed by atoms with Gasteiger partial charge in [-0.05, 0) is 17.7 Å². The molecule has 0 heterocycles. The van der Waals surface area contributed by atoms with Crippen molar-refractivity contribution in [2.45, 2.75) is 0 Å². The van der Waals surface area contributed by atoms with Gasteiger partial charge in [-0.25, -0.2) is 9.59 Å². The topological polar surface area (TPSA) is 43.4 Å². The minimum absolute atomic E-state index is 0.387. The number of benzene rings is 1. The summed E-state index contributed by atoms with van der Waals surface area (Å²) in [5.74, 6) is 1.27. The number of methoxy groups -OCH3 is 1. The van der Waals surface area contributed by atoms with Gasteiger partial charge in [0.2, 0.25) is 0 Å². The van der Waals surface area contributed by atoms with E-state index >= 15 is 0 Å². The Hall–Kier alpha value is -1.86. The first-order chi connectivity index (χ1) is 6.27. The van der Waals surface area contributed by atoms with Crippen molar-refractivity contribution in [3.63, 3.8) is 0 Å². The summed E-state index contributed by atoms with van der Waals surface area (Å²) in [5.41, 5.74) is 1.17. The van der Waals surface area contributed by atoms with Crippen molar-refractivity contribution in [3.05, 3.63) is 35.4 Å². The highest BCUT2D eigenvalue weighted by Gasteiger charge is 2.02. The van der Waals surface area contributed by atoms with Crippen LogP contribution in [0.5, 0.6) is 0 Å². The Labute approximate surface area is 75.6 Å². The van der Waals surface area contributed by atoms with Gasteiger partial charge in [0.05, 0.1) is 12.7 Å². The third-order valence-electron chi connectivity index (χ3n) is 1.56. The molecule has 0 N–H and O–H groups in total. The molecule has 0 atom stereocenters. The van der Waals surface area contributed by atoms with E-state index in [1.807, 2.05) is 0 Å². The van der Waals surface area contributed by atoms with E-state index in [2.05, 4.69) is 4.74 Å². The predicted molar refractivity (Wildman–Crippen MR) is 47.9 cm³/mol. The Morgan fingerprint density at radius 2 is 2.00 bits per heavy atom. The molecule has 0 saturated carbocycles. The van der Waals surface area contributed by atoms with Crippen molar-refractivity contribution in [2.24, 2.45) is 0 Å². The molecule has 0 amide bonds. The van der Waals surface area contributed by atoms with Gasteiger partial charge in [0, 0.05) is 6.08 Å². The molecule has 1 rings (SSSR count). The maximum absolute atomic E-state index is 11.0. The molecule has 1 aromatic carbocycles. The number of carbonyl (C=O) groups excluding carboxylic acids is 2. The van der Waals surface area contributed by atoms with Crippen molar-refractivity contribution in [3.8, 4) is 0 Å². The fourth-order valence-electron chi connectivity index (χ4n) is 0.901. The summed E-state index contributed by atoms with van der Waals surface area (Å²) in [4.78, 5) is 20.9. The van der Waals surface area contributed by atoms with E-state index in [4.69, 9.17) is 0 Å². The molecule has 3 nitrogen and oxygen atoms in total. The zero-order valence-corrected chi connectivity index (χ0v) is 7.11. The average Bonchev–Trinajstić information content (AvgIpc) is 2.18. The van der Waals surface area contributed by atoms with E-state index in [1.165, 1.54) is 13.2 Å². The molecule has 0 spiro atoms. The summed E-state index contributed by atoms with van der Waals surface area (Å²) in [7, 11) is 1.32. The van der Waals surface area contributed by atoms with Gasteiger partial charge in [-0.15, -0.1) is 0 Å². The van der Waals surface area contributed by atoms with Crippen molar-refractivity contribution >= 4 is 18.0 Å². The number of hydrogen-bond donors (Lipinski definition) is 0. The summed E-state index contributed by atoms with van der Waals surface area (Å²) in [6.45, 7) is 0. The van der Waals surface area contributed by atoms with Crippen molar-refractivity contribution < 1.29 is 14.3 Å². The molecule has 66 valence electrons. The van der Waals surface area contributed by atoms with Crippen molar-refractivity contribution in [2.75, 3.05) is 7.11 Å². The largest absolute Gasteiger partial charge is 0.465 e. The van der Waals surface area contributed by atoms with Crippen molar-refractivity contribution in [1.82, 2.24) is 0 Å². The Bertz CT molecular complexity index is 345. The van der Waals surface area contributed by atoms with Crippen LogP contribution in [0, 0.1) is 0 Å². The zero-order chi connectivity index (χ0) is 9.68. The lowest BCUT2D eigenvalue weighted by Crippen LogP contribution is -2.00. The van der Waals surface area contributed by atoms with Crippen LogP contribution in [-0.2, 0) is 9.53 Å². The summed E-state index contributed by atoms with van der Waals surface area (Å²) < 4.78 is 4.51. The second-order valence-corrected chi connectivity index (χ2v) is 2.38. The van der Waals surface area contributed by atoms with Crippen LogP contribution in [0.25, 0.3) is 6.08 Å². The van der Waals surface area contributed by atoms with Gasteiger partial charge in [-0.3, -0.25) is 0 Å². The molecule has 0 aliphatic rings. The Kier molecular flexibility index (Phi) is 3.01. The fourth-order valence-corrected chi connectivity index (χ4v) is 0.901. The summed E-state index contributed by atoms with van der Waals surface area (Å²) in [6, 6.07) is 6.48. The Morgan fingerprint density at radius 1 is 1.38 bits per heavy atom. The SMILES string of the molecule is COC(=O)c1ccc(C=C=O)cc1. The standard InChI is InChI=1S/C10H8O3/c1-13-10(12)9-4-2-8(3-5-9)6-7-11/h2-6H,1H3. The van der Waals surface area contributed by atoms with Crippen LogP contribution < -0.4 is 0 Å². The minimum atomic E-state index is -0.387. The Balaban J connectivity index is 2.93. The number of ether oxygens (including phenoxy) is 1. The normalized spacial score (nSPS) is 8.69. The first kappa shape index (κ1) is 9.23. The number of rotatable bonds is 2. The predicted octanol–water partition coefficient (Wildman–Crippen LogP) is 1.32. The van der Waals surface area contributed by atoms with E-state index in [-0.39, 0.29) is 5.97 Å². The van der Waals surface area contributed by atoms with Crippen LogP contribution in [-0.4, -0.2) is 19.0 Å². The highest BCUT2D eigenvalue weighted by Crippen LogP contribution is 2.05. The molecule has 13 heavy (non-hydrogen) atoms. The Morgan fingerprint density at radius 3 is 2.46 bits per heavy atom. The first-order valence-electron chi connectivity index (χ1n) is 3.67. The van der Waals surface area contributed by atoms with E-state index < -0.39 is 0 Å². The van der Waals surface area contributed by atoms with Gasteiger partial charge in [0.1, 0.15) is 5.94 Å². The molecular formula is C10H8O3. The first-order valence-corrected chi connectivity index (χ1v) is 3.67. The average molecular weight is 176 g/mol. The highest BCUT2D eigenvalue weighted by molar-refractivity contribution is 5.89. The molecule has 0 bridgehead atoms. The summed E-state index contributed by atoms with van der Waals surface area (Å²) in [6.07, 6.45) is 1.29. The monoisotopic (exact) mass is 176 g/mol. The van der Waals surface area contributed by atoms with Gasteiger partial charge < -0.3 is 4.74 Å². The molecule has 0 aromatic heterocycles. The van der Waals surface area contributed by atoms with Gasteiger partial charge in [0.25, 0.3) is 0 Å². The second kappa shape index (κ2) is 4.24. The maximum atomic E-state index is 11.0. The molecule has 1 aromatic rings. The molecule has 3 heteroatoms. The third-order valence-corrected chi connectivity index (χ3v) is 1.56. The molecule has 0 aliphatic carbocycles. The number of esters is 1. The van der Waals surface area contributed by atoms with E-state index in [0.717, 1.165) is 0 Å². The molecule has 0 aliphatic heterocycles. The molecule has 0 radical (unpaired) electrons. The lowest BCUT2D eigenvalue weighted by molar-refractivity contribution is 0.0601. The van der Waals surface area contributed by atoms with Gasteiger partial charge in [-0.1, -0.05) is 12.1 Å². The van der Waals surface area contributed by atoms with E-state index in [1.54, 1.807) is 30.2 Å². The zero-order valence-electron chi connectivity index (χ0n) is 7.11. The van der Waals surface area contributed by atoms with Crippen LogP contribution >= 0.6 is 0 Å². The van der Waals surface area contributed by atoms with Crippen LogP contribution in [0.4, 0.5) is 0 Å². The van der Waals surface area contributed by atoms with Crippen LogP contribution in [0.3, 0.4) is 0 Å². The van der Waals surface area contributed by atoms with Crippen molar-refractivity contribution in [1.29, 1.82) is 0 Å². The number of carbonyl (C=O) groups is 1. The van der Waals surface area contributed by atoms with E-state index in [0.29, 0.717) is 11.1 Å². The maximum Gasteiger partial charge on any atom is 0.337 e. The highest BCUT2D eigenvalue weighted by atomic mass is 16.5.